The minimum atomic E-state index is -0.281. The lowest BCUT2D eigenvalue weighted by Gasteiger charge is -2.16. The van der Waals surface area contributed by atoms with Gasteiger partial charge in [-0.1, -0.05) is 0 Å². The Bertz CT molecular complexity index is 729. The number of carbonyl (C=O) groups is 1. The van der Waals surface area contributed by atoms with Gasteiger partial charge >= 0.3 is 0 Å². The first kappa shape index (κ1) is 14.8. The van der Waals surface area contributed by atoms with Crippen molar-refractivity contribution >= 4 is 21.8 Å². The third-order valence-corrected chi connectivity index (χ3v) is 3.91. The lowest BCUT2D eigenvalue weighted by molar-refractivity contribution is 0.0771. The second-order valence-corrected chi connectivity index (χ2v) is 5.95. The van der Waals surface area contributed by atoms with Crippen LogP contribution in [0.15, 0.2) is 45.9 Å². The first-order valence-corrected chi connectivity index (χ1v) is 7.67. The zero-order valence-electron chi connectivity index (χ0n) is 11.7. The molecule has 1 amide bonds. The number of aromatic amines is 1. The van der Waals surface area contributed by atoms with Crippen molar-refractivity contribution in [3.63, 3.8) is 0 Å². The van der Waals surface area contributed by atoms with E-state index in [-0.39, 0.29) is 17.6 Å². The second-order valence-electron chi connectivity index (χ2n) is 5.04. The second kappa shape index (κ2) is 6.31. The molecule has 1 unspecified atom stereocenters. The minimum absolute atomic E-state index is 0.0837. The number of carbonyl (C=O) groups excluding carboxylic acids is 1. The number of amides is 1. The van der Waals surface area contributed by atoms with Crippen LogP contribution in [0.1, 0.15) is 16.8 Å². The maximum atomic E-state index is 12.3. The van der Waals surface area contributed by atoms with Gasteiger partial charge in [-0.3, -0.25) is 9.59 Å². The number of rotatable bonds is 3. The van der Waals surface area contributed by atoms with E-state index in [0.29, 0.717) is 24.5 Å². The van der Waals surface area contributed by atoms with Gasteiger partial charge in [0.2, 0.25) is 11.4 Å². The number of hydrogen-bond acceptors (Lipinski definition) is 4. The van der Waals surface area contributed by atoms with Crippen LogP contribution < -0.4 is 10.3 Å². The third kappa shape index (κ3) is 3.36. The summed E-state index contributed by atoms with van der Waals surface area (Å²) in [6.07, 6.45) is 3.81. The fourth-order valence-corrected chi connectivity index (χ4v) is 2.61. The molecule has 22 heavy (non-hydrogen) atoms. The Morgan fingerprint density at radius 2 is 2.27 bits per heavy atom. The summed E-state index contributed by atoms with van der Waals surface area (Å²) in [5.74, 6) is 0.389. The molecule has 1 N–H and O–H groups in total. The Morgan fingerprint density at radius 3 is 3.00 bits per heavy atom. The van der Waals surface area contributed by atoms with Crippen molar-refractivity contribution in [3.05, 3.63) is 57.0 Å². The molecule has 0 bridgehead atoms. The van der Waals surface area contributed by atoms with Gasteiger partial charge in [0, 0.05) is 47.5 Å². The molecule has 0 radical (unpaired) electrons. The first-order valence-electron chi connectivity index (χ1n) is 6.88. The predicted molar refractivity (Wildman–Crippen MR) is 83.9 cm³/mol. The van der Waals surface area contributed by atoms with Crippen LogP contribution >= 0.6 is 15.9 Å². The van der Waals surface area contributed by atoms with E-state index in [1.54, 1.807) is 23.2 Å². The highest BCUT2D eigenvalue weighted by Gasteiger charge is 2.28. The smallest absolute Gasteiger partial charge is 0.254 e. The average Bonchev–Trinajstić information content (AvgIpc) is 2.97. The van der Waals surface area contributed by atoms with Crippen LogP contribution in [0.3, 0.4) is 0 Å². The summed E-state index contributed by atoms with van der Waals surface area (Å²) >= 11 is 3.32. The summed E-state index contributed by atoms with van der Waals surface area (Å²) < 4.78 is 6.66. The van der Waals surface area contributed by atoms with Gasteiger partial charge in [0.1, 0.15) is 6.10 Å². The summed E-state index contributed by atoms with van der Waals surface area (Å²) in [6.45, 7) is 1.09. The number of ether oxygens (including phenoxy) is 1. The molecular weight excluding hydrogens is 350 g/mol. The highest BCUT2D eigenvalue weighted by Crippen LogP contribution is 2.19. The van der Waals surface area contributed by atoms with Gasteiger partial charge < -0.3 is 14.6 Å². The zero-order valence-corrected chi connectivity index (χ0v) is 13.2. The van der Waals surface area contributed by atoms with E-state index < -0.39 is 0 Å². The first-order chi connectivity index (χ1) is 10.6. The highest BCUT2D eigenvalue weighted by molar-refractivity contribution is 9.10. The standard InChI is InChI=1S/C15H14BrN3O3/c16-11-1-2-14(18-8-11)22-12-4-6-19(9-12)15(21)10-3-5-17-13(20)7-10/h1-3,5,7-8,12H,4,6,9H2,(H,17,20). The molecule has 1 atom stereocenters. The number of aromatic nitrogens is 2. The van der Waals surface area contributed by atoms with Gasteiger partial charge in [-0.25, -0.2) is 4.98 Å². The summed E-state index contributed by atoms with van der Waals surface area (Å²) in [6, 6.07) is 6.56. The van der Waals surface area contributed by atoms with Gasteiger partial charge in [0.05, 0.1) is 6.54 Å². The average molecular weight is 364 g/mol. The quantitative estimate of drug-likeness (QED) is 0.902. The Labute approximate surface area is 135 Å². The van der Waals surface area contributed by atoms with Gasteiger partial charge in [-0.15, -0.1) is 0 Å². The topological polar surface area (TPSA) is 75.3 Å². The van der Waals surface area contributed by atoms with Crippen molar-refractivity contribution in [2.24, 2.45) is 0 Å². The maximum absolute atomic E-state index is 12.3. The van der Waals surface area contributed by atoms with Crippen LogP contribution in [0.2, 0.25) is 0 Å². The van der Waals surface area contributed by atoms with Crippen molar-refractivity contribution in [2.75, 3.05) is 13.1 Å². The van der Waals surface area contributed by atoms with E-state index in [0.717, 1.165) is 10.9 Å². The number of nitrogens with zero attached hydrogens (tertiary/aromatic N) is 2. The molecule has 3 rings (SSSR count). The molecule has 1 fully saturated rings. The fraction of sp³-hybridized carbons (Fsp3) is 0.267. The molecule has 0 aliphatic carbocycles. The summed E-state index contributed by atoms with van der Waals surface area (Å²) in [7, 11) is 0. The minimum Gasteiger partial charge on any atom is -0.472 e. The lowest BCUT2D eigenvalue weighted by Crippen LogP contribution is -2.31. The van der Waals surface area contributed by atoms with Crippen molar-refractivity contribution in [3.8, 4) is 5.88 Å². The van der Waals surface area contributed by atoms with Crippen molar-refractivity contribution < 1.29 is 9.53 Å². The Morgan fingerprint density at radius 1 is 1.41 bits per heavy atom. The number of likely N-dealkylation sites (tertiary alicyclic amines) is 1. The van der Waals surface area contributed by atoms with Crippen molar-refractivity contribution in [2.45, 2.75) is 12.5 Å². The molecule has 3 heterocycles. The molecule has 1 aliphatic rings. The van der Waals surface area contributed by atoms with E-state index >= 15 is 0 Å². The monoisotopic (exact) mass is 363 g/mol. The van der Waals surface area contributed by atoms with Gasteiger partial charge in [-0.2, -0.15) is 0 Å². The molecule has 0 spiro atoms. The molecule has 0 saturated carbocycles. The maximum Gasteiger partial charge on any atom is 0.254 e. The third-order valence-electron chi connectivity index (χ3n) is 3.44. The normalized spacial score (nSPS) is 17.5. The molecule has 1 aliphatic heterocycles. The van der Waals surface area contributed by atoms with Crippen LogP contribution in [-0.2, 0) is 0 Å². The predicted octanol–water partition coefficient (Wildman–Crippen LogP) is 1.83. The number of hydrogen-bond donors (Lipinski definition) is 1. The number of pyridine rings is 2. The van der Waals surface area contributed by atoms with Crippen LogP contribution in [0.25, 0.3) is 0 Å². The molecule has 2 aromatic heterocycles. The molecule has 1 saturated heterocycles. The largest absolute Gasteiger partial charge is 0.472 e. The van der Waals surface area contributed by atoms with Crippen LogP contribution in [0.5, 0.6) is 5.88 Å². The lowest BCUT2D eigenvalue weighted by atomic mass is 10.2. The molecule has 0 aromatic carbocycles. The Kier molecular flexibility index (Phi) is 4.24. The fourth-order valence-electron chi connectivity index (χ4n) is 2.37. The number of halogens is 1. The van der Waals surface area contributed by atoms with Gasteiger partial charge in [-0.05, 0) is 28.1 Å². The van der Waals surface area contributed by atoms with Crippen LogP contribution in [0.4, 0.5) is 0 Å². The van der Waals surface area contributed by atoms with Crippen LogP contribution in [-0.4, -0.2) is 40.0 Å². The SMILES string of the molecule is O=C(c1cc[nH]c(=O)c1)N1CCC(Oc2ccc(Br)cn2)C1. The molecule has 7 heteroatoms. The summed E-state index contributed by atoms with van der Waals surface area (Å²) in [5, 5.41) is 0. The molecule has 2 aromatic rings. The zero-order chi connectivity index (χ0) is 15.5. The van der Waals surface area contributed by atoms with Gasteiger partial charge in [0.15, 0.2) is 0 Å². The number of H-pyrrole nitrogens is 1. The molecular formula is C15H14BrN3O3. The Balaban J connectivity index is 1.63. The van der Waals surface area contributed by atoms with E-state index in [9.17, 15) is 9.59 Å². The summed E-state index contributed by atoms with van der Waals surface area (Å²) in [5.41, 5.74) is 0.114. The molecule has 6 nitrogen and oxygen atoms in total. The van der Waals surface area contributed by atoms with E-state index in [1.165, 1.54) is 12.3 Å². The number of nitrogens with one attached hydrogen (secondary N) is 1. The molecule has 114 valence electrons. The highest BCUT2D eigenvalue weighted by atomic mass is 79.9. The van der Waals surface area contributed by atoms with E-state index in [1.807, 2.05) is 6.07 Å². The van der Waals surface area contributed by atoms with Crippen molar-refractivity contribution in [1.82, 2.24) is 14.9 Å². The van der Waals surface area contributed by atoms with Crippen molar-refractivity contribution in [1.29, 1.82) is 0 Å². The van der Waals surface area contributed by atoms with Gasteiger partial charge in [0.25, 0.3) is 5.91 Å². The Hall–Kier alpha value is -2.15. The van der Waals surface area contributed by atoms with Crippen LogP contribution in [0, 0.1) is 0 Å². The summed E-state index contributed by atoms with van der Waals surface area (Å²) in [4.78, 5) is 32.0. The van der Waals surface area contributed by atoms with E-state index in [4.69, 9.17) is 4.74 Å². The van der Waals surface area contributed by atoms with E-state index in [2.05, 4.69) is 25.9 Å².